The van der Waals surface area contributed by atoms with E-state index >= 15 is 0 Å². The molecule has 1 fully saturated rings. The van der Waals surface area contributed by atoms with E-state index in [2.05, 4.69) is 42.9 Å². The Morgan fingerprint density at radius 1 is 1.15 bits per heavy atom. The molecule has 0 spiro atoms. The van der Waals surface area contributed by atoms with Crippen molar-refractivity contribution in [2.24, 2.45) is 5.73 Å². The number of hydrogen-bond donors (Lipinski definition) is 2. The van der Waals surface area contributed by atoms with Crippen LogP contribution in [0.2, 0.25) is 0 Å². The molecule has 1 heterocycles. The minimum atomic E-state index is 0.103. The molecule has 2 aromatic rings. The van der Waals surface area contributed by atoms with Gasteiger partial charge in [0.25, 0.3) is 0 Å². The highest BCUT2D eigenvalue weighted by Crippen LogP contribution is 2.42. The molecular formula is C17H23N3. The third-order valence-electron chi connectivity index (χ3n) is 4.91. The summed E-state index contributed by atoms with van der Waals surface area (Å²) in [5.41, 5.74) is 12.4. The van der Waals surface area contributed by atoms with Crippen LogP contribution in [0.25, 0.3) is 11.3 Å². The molecule has 3 heteroatoms. The lowest BCUT2D eigenvalue weighted by Gasteiger charge is -2.39. The summed E-state index contributed by atoms with van der Waals surface area (Å²) in [6.07, 6.45) is 5.53. The Bertz CT molecular complexity index is 630. The molecule has 1 aromatic heterocycles. The zero-order valence-corrected chi connectivity index (χ0v) is 12.6. The van der Waals surface area contributed by atoms with Gasteiger partial charge in [-0.3, -0.25) is 0 Å². The summed E-state index contributed by atoms with van der Waals surface area (Å²) in [5.74, 6) is 1.07. The third-order valence-corrected chi connectivity index (χ3v) is 4.91. The lowest BCUT2D eigenvalue weighted by molar-refractivity contribution is 0.240. The lowest BCUT2D eigenvalue weighted by atomic mass is 9.68. The van der Waals surface area contributed by atoms with Crippen LogP contribution in [0.5, 0.6) is 0 Å². The van der Waals surface area contributed by atoms with E-state index in [0.29, 0.717) is 6.54 Å². The molecular weight excluding hydrogens is 246 g/mol. The minimum absolute atomic E-state index is 0.103. The maximum absolute atomic E-state index is 5.96. The van der Waals surface area contributed by atoms with Crippen molar-refractivity contribution in [2.45, 2.75) is 45.4 Å². The predicted octanol–water partition coefficient (Wildman–Crippen LogP) is 3.38. The number of hydrogen-bond acceptors (Lipinski definition) is 2. The maximum Gasteiger partial charge on any atom is 0.114 e. The highest BCUT2D eigenvalue weighted by Gasteiger charge is 2.39. The van der Waals surface area contributed by atoms with E-state index in [1.807, 2.05) is 6.20 Å². The molecule has 3 N–H and O–H groups in total. The van der Waals surface area contributed by atoms with Gasteiger partial charge in [0.1, 0.15) is 5.82 Å². The van der Waals surface area contributed by atoms with Crippen LogP contribution in [-0.2, 0) is 5.41 Å². The average molecular weight is 269 g/mol. The third kappa shape index (κ3) is 1.97. The SMILES string of the molecule is Cc1cc(C)c(-c2cnc(C3(CN)CCC3)[nH]2)cc1C. The van der Waals surface area contributed by atoms with Gasteiger partial charge in [-0.2, -0.15) is 0 Å². The first-order valence-corrected chi connectivity index (χ1v) is 7.39. The fourth-order valence-electron chi connectivity index (χ4n) is 3.12. The van der Waals surface area contributed by atoms with Crippen molar-refractivity contribution in [1.82, 2.24) is 9.97 Å². The number of benzene rings is 1. The van der Waals surface area contributed by atoms with Crippen LogP contribution in [0.1, 0.15) is 41.8 Å². The maximum atomic E-state index is 5.96. The molecule has 1 saturated carbocycles. The molecule has 1 aliphatic rings. The summed E-state index contributed by atoms with van der Waals surface area (Å²) in [5, 5.41) is 0. The van der Waals surface area contributed by atoms with Gasteiger partial charge in [-0.05, 0) is 56.4 Å². The monoisotopic (exact) mass is 269 g/mol. The second kappa shape index (κ2) is 4.74. The van der Waals surface area contributed by atoms with E-state index in [1.54, 1.807) is 0 Å². The van der Waals surface area contributed by atoms with Crippen LogP contribution in [0.3, 0.4) is 0 Å². The molecule has 1 aliphatic carbocycles. The summed E-state index contributed by atoms with van der Waals surface area (Å²) in [4.78, 5) is 8.13. The Kier molecular flexibility index (Phi) is 3.17. The number of rotatable bonds is 3. The highest BCUT2D eigenvalue weighted by atomic mass is 15.0. The largest absolute Gasteiger partial charge is 0.341 e. The Labute approximate surface area is 120 Å². The predicted molar refractivity (Wildman–Crippen MR) is 82.8 cm³/mol. The normalized spacial score (nSPS) is 17.0. The quantitative estimate of drug-likeness (QED) is 0.897. The standard InChI is InChI=1S/C17H23N3/c1-11-7-13(3)14(8-12(11)2)15-9-19-16(20-15)17(10-18)5-4-6-17/h7-9H,4-6,10,18H2,1-3H3,(H,19,20). The van der Waals surface area contributed by atoms with Crippen molar-refractivity contribution in [1.29, 1.82) is 0 Å². The van der Waals surface area contributed by atoms with Gasteiger partial charge in [0.2, 0.25) is 0 Å². The van der Waals surface area contributed by atoms with Gasteiger partial charge >= 0.3 is 0 Å². The Morgan fingerprint density at radius 3 is 2.45 bits per heavy atom. The van der Waals surface area contributed by atoms with Crippen LogP contribution in [-0.4, -0.2) is 16.5 Å². The van der Waals surface area contributed by atoms with Crippen molar-refractivity contribution in [3.63, 3.8) is 0 Å². The van der Waals surface area contributed by atoms with Crippen molar-refractivity contribution in [2.75, 3.05) is 6.54 Å². The van der Waals surface area contributed by atoms with E-state index in [-0.39, 0.29) is 5.41 Å². The average Bonchev–Trinajstić information content (AvgIpc) is 2.83. The fraction of sp³-hybridized carbons (Fsp3) is 0.471. The van der Waals surface area contributed by atoms with E-state index in [1.165, 1.54) is 28.7 Å². The molecule has 0 bridgehead atoms. The molecule has 20 heavy (non-hydrogen) atoms. The number of aryl methyl sites for hydroxylation is 3. The molecule has 0 atom stereocenters. The lowest BCUT2D eigenvalue weighted by Crippen LogP contribution is -2.42. The second-order valence-corrected chi connectivity index (χ2v) is 6.23. The van der Waals surface area contributed by atoms with Crippen LogP contribution < -0.4 is 5.73 Å². The van der Waals surface area contributed by atoms with Gasteiger partial charge in [-0.1, -0.05) is 12.5 Å². The van der Waals surface area contributed by atoms with Gasteiger partial charge < -0.3 is 10.7 Å². The van der Waals surface area contributed by atoms with Crippen LogP contribution in [0.4, 0.5) is 0 Å². The number of imidazole rings is 1. The second-order valence-electron chi connectivity index (χ2n) is 6.23. The summed E-state index contributed by atoms with van der Waals surface area (Å²) in [6.45, 7) is 7.15. The topological polar surface area (TPSA) is 54.7 Å². The van der Waals surface area contributed by atoms with Gasteiger partial charge in [-0.15, -0.1) is 0 Å². The number of nitrogens with two attached hydrogens (primary N) is 1. The van der Waals surface area contributed by atoms with Gasteiger partial charge in [-0.25, -0.2) is 4.98 Å². The van der Waals surface area contributed by atoms with Crippen molar-refractivity contribution < 1.29 is 0 Å². The minimum Gasteiger partial charge on any atom is -0.341 e. The zero-order chi connectivity index (χ0) is 14.3. The van der Waals surface area contributed by atoms with Crippen molar-refractivity contribution >= 4 is 0 Å². The van der Waals surface area contributed by atoms with E-state index in [9.17, 15) is 0 Å². The van der Waals surface area contributed by atoms with Crippen molar-refractivity contribution in [3.8, 4) is 11.3 Å². The first kappa shape index (κ1) is 13.4. The van der Waals surface area contributed by atoms with Gasteiger partial charge in [0.05, 0.1) is 11.9 Å². The molecule has 0 unspecified atom stereocenters. The van der Waals surface area contributed by atoms with E-state index < -0.39 is 0 Å². The number of aromatic nitrogens is 2. The molecule has 0 amide bonds. The summed E-state index contributed by atoms with van der Waals surface area (Å²) in [6, 6.07) is 4.49. The number of aromatic amines is 1. The van der Waals surface area contributed by atoms with E-state index in [4.69, 9.17) is 5.73 Å². The smallest absolute Gasteiger partial charge is 0.114 e. The Morgan fingerprint density at radius 2 is 1.85 bits per heavy atom. The van der Waals surface area contributed by atoms with Crippen molar-refractivity contribution in [3.05, 3.63) is 40.8 Å². The molecule has 0 saturated heterocycles. The molecule has 3 nitrogen and oxygen atoms in total. The van der Waals surface area contributed by atoms with E-state index in [0.717, 1.165) is 24.4 Å². The van der Waals surface area contributed by atoms with Gasteiger partial charge in [0.15, 0.2) is 0 Å². The number of nitrogens with zero attached hydrogens (tertiary/aromatic N) is 1. The molecule has 1 aromatic carbocycles. The first-order valence-electron chi connectivity index (χ1n) is 7.39. The van der Waals surface area contributed by atoms with Crippen LogP contribution in [0.15, 0.2) is 18.3 Å². The number of H-pyrrole nitrogens is 1. The summed E-state index contributed by atoms with van der Waals surface area (Å²) < 4.78 is 0. The summed E-state index contributed by atoms with van der Waals surface area (Å²) in [7, 11) is 0. The Balaban J connectivity index is 2.00. The molecule has 106 valence electrons. The zero-order valence-electron chi connectivity index (χ0n) is 12.6. The molecule has 3 rings (SSSR count). The molecule has 0 radical (unpaired) electrons. The van der Waals surface area contributed by atoms with Crippen LogP contribution >= 0.6 is 0 Å². The first-order chi connectivity index (χ1) is 9.55. The highest BCUT2D eigenvalue weighted by molar-refractivity contribution is 5.65. The van der Waals surface area contributed by atoms with Crippen LogP contribution in [0, 0.1) is 20.8 Å². The molecule has 0 aliphatic heterocycles. The Hall–Kier alpha value is -1.61. The fourth-order valence-corrected chi connectivity index (χ4v) is 3.12. The summed E-state index contributed by atoms with van der Waals surface area (Å²) >= 11 is 0. The van der Waals surface area contributed by atoms with Gasteiger partial charge in [0, 0.05) is 17.5 Å². The number of nitrogens with one attached hydrogen (secondary N) is 1.